The average Bonchev–Trinajstić information content (AvgIpc) is 2.51. The van der Waals surface area contributed by atoms with E-state index in [1.54, 1.807) is 30.0 Å². The van der Waals surface area contributed by atoms with Gasteiger partial charge in [-0.05, 0) is 6.92 Å². The molecule has 0 bridgehead atoms. The molecular formula is C7H9NO2S2. The molecule has 3 nitrogen and oxygen atoms in total. The number of hydrogen-bond acceptors (Lipinski definition) is 4. The van der Waals surface area contributed by atoms with Crippen LogP contribution in [-0.4, -0.2) is 21.3 Å². The number of thioether (sulfide) groups is 1. The van der Waals surface area contributed by atoms with Gasteiger partial charge in [-0.25, -0.2) is 0 Å². The van der Waals surface area contributed by atoms with Crippen molar-refractivity contribution in [1.82, 2.24) is 4.98 Å². The SMILES string of the molecule is CC(SCc1cncs1)C(=O)O. The van der Waals surface area contributed by atoms with E-state index in [9.17, 15) is 4.79 Å². The zero-order valence-electron chi connectivity index (χ0n) is 6.56. The van der Waals surface area contributed by atoms with Crippen molar-refractivity contribution >= 4 is 29.1 Å². The number of thiazole rings is 1. The molecule has 1 aromatic heterocycles. The molecule has 0 aliphatic carbocycles. The molecule has 0 aliphatic rings. The quantitative estimate of drug-likeness (QED) is 0.811. The third-order valence-corrected chi connectivity index (χ3v) is 3.45. The number of carboxylic acid groups (broad SMARTS) is 1. The zero-order valence-corrected chi connectivity index (χ0v) is 8.19. The lowest BCUT2D eigenvalue weighted by Crippen LogP contribution is -2.11. The third-order valence-electron chi connectivity index (χ3n) is 1.31. The van der Waals surface area contributed by atoms with Gasteiger partial charge >= 0.3 is 5.97 Å². The van der Waals surface area contributed by atoms with E-state index >= 15 is 0 Å². The van der Waals surface area contributed by atoms with Crippen LogP contribution in [0.15, 0.2) is 11.7 Å². The standard InChI is InChI=1S/C7H9NO2S2/c1-5(7(9)10)11-3-6-2-8-4-12-6/h2,4-5H,3H2,1H3,(H,9,10). The van der Waals surface area contributed by atoms with E-state index in [0.29, 0.717) is 0 Å². The molecule has 0 amide bonds. The summed E-state index contributed by atoms with van der Waals surface area (Å²) in [7, 11) is 0. The fourth-order valence-electron chi connectivity index (χ4n) is 0.592. The zero-order chi connectivity index (χ0) is 8.97. The summed E-state index contributed by atoms with van der Waals surface area (Å²) in [6, 6.07) is 0. The Hall–Kier alpha value is -0.550. The van der Waals surface area contributed by atoms with Crippen LogP contribution in [0.2, 0.25) is 0 Å². The Morgan fingerprint density at radius 3 is 3.17 bits per heavy atom. The monoisotopic (exact) mass is 203 g/mol. The summed E-state index contributed by atoms with van der Waals surface area (Å²) < 4.78 is 0. The normalized spacial score (nSPS) is 12.8. The molecule has 1 N–H and O–H groups in total. The van der Waals surface area contributed by atoms with Crippen LogP contribution in [0.1, 0.15) is 11.8 Å². The van der Waals surface area contributed by atoms with E-state index in [2.05, 4.69) is 4.98 Å². The van der Waals surface area contributed by atoms with Crippen molar-refractivity contribution < 1.29 is 9.90 Å². The molecule has 0 aliphatic heterocycles. The van der Waals surface area contributed by atoms with Gasteiger partial charge in [-0.2, -0.15) is 0 Å². The Labute approximate surface area is 78.8 Å². The van der Waals surface area contributed by atoms with Gasteiger partial charge in [0.2, 0.25) is 0 Å². The number of aromatic nitrogens is 1. The molecule has 0 saturated carbocycles. The predicted octanol–water partition coefficient (Wildman–Crippen LogP) is 1.85. The van der Waals surface area contributed by atoms with E-state index in [4.69, 9.17) is 5.11 Å². The smallest absolute Gasteiger partial charge is 0.316 e. The fraction of sp³-hybridized carbons (Fsp3) is 0.429. The first kappa shape index (κ1) is 9.54. The molecule has 12 heavy (non-hydrogen) atoms. The lowest BCUT2D eigenvalue weighted by atomic mass is 10.5. The first-order valence-corrected chi connectivity index (χ1v) is 5.34. The fourth-order valence-corrected chi connectivity index (χ4v) is 2.08. The van der Waals surface area contributed by atoms with Crippen LogP contribution in [0.25, 0.3) is 0 Å². The highest BCUT2D eigenvalue weighted by atomic mass is 32.2. The Balaban J connectivity index is 2.31. The third kappa shape index (κ3) is 2.83. The molecule has 1 aromatic rings. The molecule has 0 aromatic carbocycles. The summed E-state index contributed by atoms with van der Waals surface area (Å²) >= 11 is 2.96. The summed E-state index contributed by atoms with van der Waals surface area (Å²) in [6.45, 7) is 1.69. The van der Waals surface area contributed by atoms with E-state index < -0.39 is 5.97 Å². The maximum absolute atomic E-state index is 10.4. The Morgan fingerprint density at radius 1 is 1.92 bits per heavy atom. The van der Waals surface area contributed by atoms with Crippen LogP contribution < -0.4 is 0 Å². The molecule has 1 unspecified atom stereocenters. The van der Waals surface area contributed by atoms with Gasteiger partial charge in [-0.15, -0.1) is 23.1 Å². The van der Waals surface area contributed by atoms with Gasteiger partial charge in [0, 0.05) is 16.8 Å². The molecule has 5 heteroatoms. The minimum Gasteiger partial charge on any atom is -0.480 e. The van der Waals surface area contributed by atoms with Crippen molar-refractivity contribution in [2.24, 2.45) is 0 Å². The number of carbonyl (C=O) groups is 1. The Kier molecular flexibility index (Phi) is 3.55. The highest BCUT2D eigenvalue weighted by Gasteiger charge is 2.10. The second-order valence-electron chi connectivity index (χ2n) is 2.26. The number of hydrogen-bond donors (Lipinski definition) is 1. The Bertz CT molecular complexity index is 248. The average molecular weight is 203 g/mol. The molecule has 1 rings (SSSR count). The predicted molar refractivity (Wildman–Crippen MR) is 50.5 cm³/mol. The highest BCUT2D eigenvalue weighted by molar-refractivity contribution is 7.99. The molecule has 0 fully saturated rings. The summed E-state index contributed by atoms with van der Waals surface area (Å²) in [5, 5.41) is 8.24. The second kappa shape index (κ2) is 4.47. The highest BCUT2D eigenvalue weighted by Crippen LogP contribution is 2.19. The molecule has 1 atom stereocenters. The summed E-state index contributed by atoms with van der Waals surface area (Å²) in [5.74, 6) is -0.0254. The van der Waals surface area contributed by atoms with Crippen LogP contribution in [-0.2, 0) is 10.5 Å². The van der Waals surface area contributed by atoms with Gasteiger partial charge in [0.25, 0.3) is 0 Å². The molecule has 0 radical (unpaired) electrons. The minimum absolute atomic E-state index is 0.341. The first-order valence-electron chi connectivity index (χ1n) is 3.42. The van der Waals surface area contributed by atoms with Gasteiger partial charge in [0.1, 0.15) is 0 Å². The molecule has 66 valence electrons. The van der Waals surface area contributed by atoms with Crippen molar-refractivity contribution in [3.8, 4) is 0 Å². The number of carboxylic acids is 1. The first-order chi connectivity index (χ1) is 5.70. The van der Waals surface area contributed by atoms with Crippen LogP contribution in [0.4, 0.5) is 0 Å². The number of rotatable bonds is 4. The molecule has 0 spiro atoms. The maximum atomic E-state index is 10.4. The summed E-state index contributed by atoms with van der Waals surface area (Å²) in [4.78, 5) is 15.4. The second-order valence-corrected chi connectivity index (χ2v) is 4.56. The lowest BCUT2D eigenvalue weighted by molar-refractivity contribution is -0.136. The van der Waals surface area contributed by atoms with E-state index in [0.717, 1.165) is 10.6 Å². The van der Waals surface area contributed by atoms with Gasteiger partial charge in [-0.3, -0.25) is 9.78 Å². The van der Waals surface area contributed by atoms with Crippen molar-refractivity contribution in [3.05, 3.63) is 16.6 Å². The van der Waals surface area contributed by atoms with Crippen molar-refractivity contribution in [1.29, 1.82) is 0 Å². The van der Waals surface area contributed by atoms with Crippen molar-refractivity contribution in [3.63, 3.8) is 0 Å². The topological polar surface area (TPSA) is 50.2 Å². The van der Waals surface area contributed by atoms with Gasteiger partial charge in [-0.1, -0.05) is 0 Å². The van der Waals surface area contributed by atoms with Gasteiger partial charge in [0.05, 0.1) is 10.8 Å². The molecule has 0 saturated heterocycles. The Morgan fingerprint density at radius 2 is 2.67 bits per heavy atom. The van der Waals surface area contributed by atoms with Gasteiger partial charge < -0.3 is 5.11 Å². The van der Waals surface area contributed by atoms with Crippen LogP contribution in [0.5, 0.6) is 0 Å². The van der Waals surface area contributed by atoms with Crippen molar-refractivity contribution in [2.45, 2.75) is 17.9 Å². The van der Waals surface area contributed by atoms with Crippen LogP contribution >= 0.6 is 23.1 Å². The lowest BCUT2D eigenvalue weighted by Gasteiger charge is -2.02. The van der Waals surface area contributed by atoms with E-state index in [1.807, 2.05) is 0 Å². The number of nitrogens with zero attached hydrogens (tertiary/aromatic N) is 1. The van der Waals surface area contributed by atoms with E-state index in [-0.39, 0.29) is 5.25 Å². The molecular weight excluding hydrogens is 194 g/mol. The largest absolute Gasteiger partial charge is 0.480 e. The van der Waals surface area contributed by atoms with Gasteiger partial charge in [0.15, 0.2) is 0 Å². The van der Waals surface area contributed by atoms with Crippen LogP contribution in [0.3, 0.4) is 0 Å². The van der Waals surface area contributed by atoms with Crippen LogP contribution in [0, 0.1) is 0 Å². The maximum Gasteiger partial charge on any atom is 0.316 e. The number of aliphatic carboxylic acids is 1. The summed E-state index contributed by atoms with van der Waals surface area (Å²) in [5.41, 5.74) is 1.75. The minimum atomic E-state index is -0.760. The van der Waals surface area contributed by atoms with E-state index in [1.165, 1.54) is 11.8 Å². The summed E-state index contributed by atoms with van der Waals surface area (Å²) in [6.07, 6.45) is 1.77. The van der Waals surface area contributed by atoms with Crippen molar-refractivity contribution in [2.75, 3.05) is 0 Å². The molecule has 1 heterocycles.